The Hall–Kier alpha value is 0. The van der Waals surface area contributed by atoms with Gasteiger partial charge in [-0.2, -0.15) is 0 Å². The maximum atomic E-state index is 2.51. The third-order valence-corrected chi connectivity index (χ3v) is 6.76. The summed E-state index contributed by atoms with van der Waals surface area (Å²) >= 11 is 0. The van der Waals surface area contributed by atoms with Gasteiger partial charge in [0.1, 0.15) is 0 Å². The summed E-state index contributed by atoms with van der Waals surface area (Å²) < 4.78 is 0. The van der Waals surface area contributed by atoms with Crippen LogP contribution in [0.3, 0.4) is 0 Å². The van der Waals surface area contributed by atoms with Crippen LogP contribution in [0.4, 0.5) is 0 Å². The Bertz CT molecular complexity index is 263. The van der Waals surface area contributed by atoms with E-state index in [9.17, 15) is 0 Å². The highest BCUT2D eigenvalue weighted by atomic mass is 14.6. The monoisotopic (exact) mass is 236 g/mol. The molecular formula is C17H32. The van der Waals surface area contributed by atoms with E-state index in [1.807, 2.05) is 0 Å². The summed E-state index contributed by atoms with van der Waals surface area (Å²) in [5.41, 5.74) is 0.558. The van der Waals surface area contributed by atoms with E-state index < -0.39 is 0 Å². The van der Waals surface area contributed by atoms with Gasteiger partial charge in [0.2, 0.25) is 0 Å². The quantitative estimate of drug-likeness (QED) is 0.615. The van der Waals surface area contributed by atoms with Crippen LogP contribution in [-0.2, 0) is 0 Å². The Balaban J connectivity index is 2.07. The van der Waals surface area contributed by atoms with Crippen LogP contribution >= 0.6 is 0 Å². The largest absolute Gasteiger partial charge is 0.0651 e. The molecule has 2 aliphatic carbocycles. The van der Waals surface area contributed by atoms with Gasteiger partial charge in [0.05, 0.1) is 0 Å². The van der Waals surface area contributed by atoms with E-state index >= 15 is 0 Å². The SMILES string of the molecule is CCC1CC2C(CC2C(C)(C)C(C)C)C1CC. The van der Waals surface area contributed by atoms with E-state index in [1.165, 1.54) is 19.3 Å². The fourth-order valence-corrected chi connectivity index (χ4v) is 4.84. The van der Waals surface area contributed by atoms with Gasteiger partial charge in [-0.3, -0.25) is 0 Å². The molecular weight excluding hydrogens is 204 g/mol. The Morgan fingerprint density at radius 1 is 1.00 bits per heavy atom. The summed E-state index contributed by atoms with van der Waals surface area (Å²) in [6, 6.07) is 0. The van der Waals surface area contributed by atoms with Crippen molar-refractivity contribution in [1.29, 1.82) is 0 Å². The lowest BCUT2D eigenvalue weighted by molar-refractivity contribution is -0.0412. The van der Waals surface area contributed by atoms with Gasteiger partial charge in [0, 0.05) is 0 Å². The van der Waals surface area contributed by atoms with E-state index in [2.05, 4.69) is 41.5 Å². The highest BCUT2D eigenvalue weighted by Gasteiger charge is 2.56. The minimum absolute atomic E-state index is 0.558. The molecule has 0 heteroatoms. The summed E-state index contributed by atoms with van der Waals surface area (Å²) in [7, 11) is 0. The van der Waals surface area contributed by atoms with Gasteiger partial charge in [-0.25, -0.2) is 0 Å². The molecule has 100 valence electrons. The van der Waals surface area contributed by atoms with Gasteiger partial charge in [-0.15, -0.1) is 0 Å². The van der Waals surface area contributed by atoms with Crippen molar-refractivity contribution in [2.45, 2.75) is 67.2 Å². The molecule has 0 N–H and O–H groups in total. The van der Waals surface area contributed by atoms with Crippen molar-refractivity contribution < 1.29 is 0 Å². The first-order valence-corrected chi connectivity index (χ1v) is 7.93. The predicted octanol–water partition coefficient (Wildman–Crippen LogP) is 5.38. The predicted molar refractivity (Wildman–Crippen MR) is 75.9 cm³/mol. The van der Waals surface area contributed by atoms with E-state index in [0.29, 0.717) is 5.41 Å². The number of rotatable bonds is 4. The van der Waals surface area contributed by atoms with Crippen molar-refractivity contribution in [3.8, 4) is 0 Å². The second-order valence-corrected chi connectivity index (χ2v) is 7.62. The van der Waals surface area contributed by atoms with Gasteiger partial charge < -0.3 is 0 Å². The molecule has 5 atom stereocenters. The summed E-state index contributed by atoms with van der Waals surface area (Å²) in [5.74, 6) is 6.11. The molecule has 0 amide bonds. The van der Waals surface area contributed by atoms with Gasteiger partial charge in [0.15, 0.2) is 0 Å². The number of hydrogen-bond acceptors (Lipinski definition) is 0. The summed E-state index contributed by atoms with van der Waals surface area (Å²) in [4.78, 5) is 0. The van der Waals surface area contributed by atoms with E-state index in [1.54, 1.807) is 6.42 Å². The normalized spacial score (nSPS) is 41.5. The van der Waals surface area contributed by atoms with Crippen molar-refractivity contribution in [2.24, 2.45) is 40.9 Å². The van der Waals surface area contributed by atoms with Crippen molar-refractivity contribution in [3.05, 3.63) is 0 Å². The summed E-state index contributed by atoms with van der Waals surface area (Å²) in [6.45, 7) is 14.7. The third kappa shape index (κ3) is 1.96. The second-order valence-electron chi connectivity index (χ2n) is 7.62. The molecule has 0 bridgehead atoms. The lowest BCUT2D eigenvalue weighted by atomic mass is 9.52. The lowest BCUT2D eigenvalue weighted by Crippen LogP contribution is -2.46. The second kappa shape index (κ2) is 4.59. The van der Waals surface area contributed by atoms with Crippen molar-refractivity contribution in [1.82, 2.24) is 0 Å². The Labute approximate surface area is 109 Å². The third-order valence-electron chi connectivity index (χ3n) is 6.76. The van der Waals surface area contributed by atoms with Crippen molar-refractivity contribution in [3.63, 3.8) is 0 Å². The lowest BCUT2D eigenvalue weighted by Gasteiger charge is -2.53. The van der Waals surface area contributed by atoms with Gasteiger partial charge in [-0.05, 0) is 53.8 Å². The Kier molecular flexibility index (Phi) is 3.63. The van der Waals surface area contributed by atoms with Crippen LogP contribution in [0.2, 0.25) is 0 Å². The molecule has 0 radical (unpaired) electrons. The molecule has 2 fully saturated rings. The van der Waals surface area contributed by atoms with Gasteiger partial charge in [-0.1, -0.05) is 54.4 Å². The first-order chi connectivity index (χ1) is 7.93. The van der Waals surface area contributed by atoms with Crippen molar-refractivity contribution in [2.75, 3.05) is 0 Å². The molecule has 0 aromatic heterocycles. The molecule has 0 aromatic rings. The topological polar surface area (TPSA) is 0 Å². The Morgan fingerprint density at radius 2 is 1.65 bits per heavy atom. The van der Waals surface area contributed by atoms with Crippen LogP contribution in [-0.4, -0.2) is 0 Å². The van der Waals surface area contributed by atoms with Crippen LogP contribution in [0.1, 0.15) is 67.2 Å². The number of fused-ring (bicyclic) bond motifs is 1. The molecule has 5 unspecified atom stereocenters. The molecule has 2 rings (SSSR count). The van der Waals surface area contributed by atoms with Crippen molar-refractivity contribution >= 4 is 0 Å². The molecule has 0 aliphatic heterocycles. The maximum Gasteiger partial charge on any atom is -0.0300 e. The zero-order valence-electron chi connectivity index (χ0n) is 12.8. The molecule has 0 spiro atoms. The molecule has 0 heterocycles. The molecule has 0 nitrogen and oxygen atoms in total. The maximum absolute atomic E-state index is 2.51. The zero-order valence-corrected chi connectivity index (χ0v) is 12.8. The smallest absolute Gasteiger partial charge is 0.0300 e. The van der Waals surface area contributed by atoms with Crippen LogP contribution in [0.5, 0.6) is 0 Å². The molecule has 2 aliphatic rings. The van der Waals surface area contributed by atoms with E-state index in [-0.39, 0.29) is 0 Å². The number of hydrogen-bond donors (Lipinski definition) is 0. The standard InChI is InChI=1S/C17H32/c1-7-12-9-15-14(13(12)8-2)10-16(15)17(5,6)11(3)4/h11-16H,7-10H2,1-6H3. The van der Waals surface area contributed by atoms with Crippen LogP contribution < -0.4 is 0 Å². The van der Waals surface area contributed by atoms with Crippen LogP contribution in [0.25, 0.3) is 0 Å². The zero-order chi connectivity index (χ0) is 12.8. The minimum atomic E-state index is 0.558. The summed E-state index contributed by atoms with van der Waals surface area (Å²) in [6.07, 6.45) is 5.92. The molecule has 0 saturated heterocycles. The molecule has 2 saturated carbocycles. The fourth-order valence-electron chi connectivity index (χ4n) is 4.84. The van der Waals surface area contributed by atoms with Crippen LogP contribution in [0.15, 0.2) is 0 Å². The minimum Gasteiger partial charge on any atom is -0.0651 e. The first-order valence-electron chi connectivity index (χ1n) is 7.93. The first kappa shape index (κ1) is 13.4. The van der Waals surface area contributed by atoms with Gasteiger partial charge in [0.25, 0.3) is 0 Å². The van der Waals surface area contributed by atoms with Gasteiger partial charge >= 0.3 is 0 Å². The average Bonchev–Trinajstić information content (AvgIpc) is 2.50. The molecule has 17 heavy (non-hydrogen) atoms. The van der Waals surface area contributed by atoms with E-state index in [0.717, 1.165) is 35.5 Å². The van der Waals surface area contributed by atoms with E-state index in [4.69, 9.17) is 0 Å². The highest BCUT2D eigenvalue weighted by Crippen LogP contribution is 2.63. The summed E-state index contributed by atoms with van der Waals surface area (Å²) in [5, 5.41) is 0. The average molecular weight is 236 g/mol. The van der Waals surface area contributed by atoms with Crippen LogP contribution in [0, 0.1) is 40.9 Å². The fraction of sp³-hybridized carbons (Fsp3) is 1.00. The molecule has 0 aromatic carbocycles. The Morgan fingerprint density at radius 3 is 2.12 bits per heavy atom. The highest BCUT2D eigenvalue weighted by molar-refractivity contribution is 5.05.